The first kappa shape index (κ1) is 8.01. The van der Waals surface area contributed by atoms with Crippen LogP contribution in [0.15, 0.2) is 18.3 Å². The molecule has 0 fully saturated rings. The van der Waals surface area contributed by atoms with Gasteiger partial charge < -0.3 is 11.1 Å². The molecule has 0 saturated carbocycles. The zero-order chi connectivity index (χ0) is 8.10. The molecule has 11 heavy (non-hydrogen) atoms. The van der Waals surface area contributed by atoms with Crippen LogP contribution in [0, 0.1) is 0 Å². The Labute approximate surface area is 66.6 Å². The monoisotopic (exact) mass is 151 g/mol. The van der Waals surface area contributed by atoms with Crippen LogP contribution in [-0.2, 0) is 6.54 Å². The number of nitrogens with two attached hydrogens (primary N) is 1. The first-order valence-electron chi connectivity index (χ1n) is 3.75. The number of aromatic nitrogens is 1. The van der Waals surface area contributed by atoms with Crippen molar-refractivity contribution in [3.05, 3.63) is 23.9 Å². The lowest BCUT2D eigenvalue weighted by Crippen LogP contribution is -2.01. The fourth-order valence-electron chi connectivity index (χ4n) is 0.831. The molecule has 60 valence electrons. The van der Waals surface area contributed by atoms with E-state index >= 15 is 0 Å². The fourth-order valence-corrected chi connectivity index (χ4v) is 0.831. The molecule has 1 aromatic rings. The Balaban J connectivity index is 2.66. The minimum absolute atomic E-state index is 0.555. The second-order valence-corrected chi connectivity index (χ2v) is 2.29. The molecule has 0 aliphatic heterocycles. The van der Waals surface area contributed by atoms with Gasteiger partial charge in [0.15, 0.2) is 0 Å². The highest BCUT2D eigenvalue weighted by atomic mass is 15.0. The molecule has 0 spiro atoms. The third kappa shape index (κ3) is 2.20. The third-order valence-corrected chi connectivity index (χ3v) is 1.42. The van der Waals surface area contributed by atoms with E-state index in [9.17, 15) is 0 Å². The lowest BCUT2D eigenvalue weighted by molar-refractivity contribution is 1.04. The summed E-state index contributed by atoms with van der Waals surface area (Å²) in [5.41, 5.74) is 6.48. The van der Waals surface area contributed by atoms with Crippen LogP contribution in [0.25, 0.3) is 0 Å². The molecule has 0 atom stereocenters. The van der Waals surface area contributed by atoms with E-state index < -0.39 is 0 Å². The Morgan fingerprint density at radius 3 is 2.82 bits per heavy atom. The Morgan fingerprint density at radius 1 is 1.55 bits per heavy atom. The third-order valence-electron chi connectivity index (χ3n) is 1.42. The SMILES string of the molecule is CCNc1ccc(CN)cn1. The van der Waals surface area contributed by atoms with Crippen LogP contribution in [0.3, 0.4) is 0 Å². The van der Waals surface area contributed by atoms with Gasteiger partial charge in [-0.25, -0.2) is 4.98 Å². The van der Waals surface area contributed by atoms with Gasteiger partial charge in [0.05, 0.1) is 0 Å². The number of hydrogen-bond acceptors (Lipinski definition) is 3. The molecule has 3 heteroatoms. The summed E-state index contributed by atoms with van der Waals surface area (Å²) >= 11 is 0. The predicted molar refractivity (Wildman–Crippen MR) is 46.3 cm³/mol. The van der Waals surface area contributed by atoms with Gasteiger partial charge in [-0.15, -0.1) is 0 Å². The number of hydrogen-bond donors (Lipinski definition) is 2. The van der Waals surface area contributed by atoms with Gasteiger partial charge in [-0.3, -0.25) is 0 Å². The van der Waals surface area contributed by atoms with Crippen LogP contribution in [0.4, 0.5) is 5.82 Å². The Hall–Kier alpha value is -1.09. The number of pyridine rings is 1. The summed E-state index contributed by atoms with van der Waals surface area (Å²) in [7, 11) is 0. The molecule has 0 amide bonds. The maximum absolute atomic E-state index is 5.41. The normalized spacial score (nSPS) is 9.64. The van der Waals surface area contributed by atoms with Gasteiger partial charge in [0.25, 0.3) is 0 Å². The van der Waals surface area contributed by atoms with E-state index in [-0.39, 0.29) is 0 Å². The van der Waals surface area contributed by atoms with Crippen LogP contribution in [-0.4, -0.2) is 11.5 Å². The van der Waals surface area contributed by atoms with Crippen molar-refractivity contribution in [1.29, 1.82) is 0 Å². The van der Waals surface area contributed by atoms with E-state index in [1.54, 1.807) is 6.20 Å². The summed E-state index contributed by atoms with van der Waals surface area (Å²) in [6, 6.07) is 3.91. The largest absolute Gasteiger partial charge is 0.370 e. The Kier molecular flexibility index (Phi) is 2.86. The van der Waals surface area contributed by atoms with Gasteiger partial charge in [0.2, 0.25) is 0 Å². The molecular formula is C8H13N3. The summed E-state index contributed by atoms with van der Waals surface area (Å²) in [5, 5.41) is 3.11. The maximum Gasteiger partial charge on any atom is 0.125 e. The molecule has 3 nitrogen and oxygen atoms in total. The molecule has 0 bridgehead atoms. The lowest BCUT2D eigenvalue weighted by Gasteiger charge is -2.01. The minimum Gasteiger partial charge on any atom is -0.370 e. The Bertz CT molecular complexity index is 205. The lowest BCUT2D eigenvalue weighted by atomic mass is 10.3. The van der Waals surface area contributed by atoms with Crippen molar-refractivity contribution in [3.8, 4) is 0 Å². The predicted octanol–water partition coefficient (Wildman–Crippen LogP) is 0.972. The summed E-state index contributed by atoms with van der Waals surface area (Å²) in [5.74, 6) is 0.907. The smallest absolute Gasteiger partial charge is 0.125 e. The van der Waals surface area contributed by atoms with E-state index in [0.717, 1.165) is 17.9 Å². The average Bonchev–Trinajstić information content (AvgIpc) is 2.07. The van der Waals surface area contributed by atoms with Crippen molar-refractivity contribution in [3.63, 3.8) is 0 Å². The van der Waals surface area contributed by atoms with Gasteiger partial charge >= 0.3 is 0 Å². The topological polar surface area (TPSA) is 50.9 Å². The van der Waals surface area contributed by atoms with E-state index in [0.29, 0.717) is 6.54 Å². The van der Waals surface area contributed by atoms with Crippen LogP contribution in [0.1, 0.15) is 12.5 Å². The number of nitrogens with zero attached hydrogens (tertiary/aromatic N) is 1. The summed E-state index contributed by atoms with van der Waals surface area (Å²) in [6.07, 6.45) is 1.79. The number of nitrogens with one attached hydrogen (secondary N) is 1. The molecule has 0 aromatic carbocycles. The van der Waals surface area contributed by atoms with Gasteiger partial charge in [0.1, 0.15) is 5.82 Å². The molecule has 1 aromatic heterocycles. The average molecular weight is 151 g/mol. The van der Waals surface area contributed by atoms with Crippen molar-refractivity contribution < 1.29 is 0 Å². The maximum atomic E-state index is 5.41. The molecule has 0 aliphatic rings. The van der Waals surface area contributed by atoms with Gasteiger partial charge in [-0.2, -0.15) is 0 Å². The van der Waals surface area contributed by atoms with Crippen molar-refractivity contribution in [2.24, 2.45) is 5.73 Å². The quantitative estimate of drug-likeness (QED) is 0.676. The van der Waals surface area contributed by atoms with E-state index in [4.69, 9.17) is 5.73 Å². The summed E-state index contributed by atoms with van der Waals surface area (Å²) < 4.78 is 0. The second kappa shape index (κ2) is 3.93. The molecule has 0 unspecified atom stereocenters. The van der Waals surface area contributed by atoms with Crippen LogP contribution >= 0.6 is 0 Å². The molecule has 1 heterocycles. The molecule has 1 rings (SSSR count). The summed E-state index contributed by atoms with van der Waals surface area (Å²) in [4.78, 5) is 4.15. The highest BCUT2D eigenvalue weighted by molar-refractivity contribution is 5.34. The summed E-state index contributed by atoms with van der Waals surface area (Å²) in [6.45, 7) is 3.49. The number of rotatable bonds is 3. The molecule has 0 aliphatic carbocycles. The van der Waals surface area contributed by atoms with E-state index in [1.165, 1.54) is 0 Å². The van der Waals surface area contributed by atoms with E-state index in [1.807, 2.05) is 19.1 Å². The van der Waals surface area contributed by atoms with Crippen LogP contribution in [0.2, 0.25) is 0 Å². The molecular weight excluding hydrogens is 138 g/mol. The first-order chi connectivity index (χ1) is 5.36. The Morgan fingerprint density at radius 2 is 2.36 bits per heavy atom. The standard InChI is InChI=1S/C8H13N3/c1-2-10-8-4-3-7(5-9)6-11-8/h3-4,6H,2,5,9H2,1H3,(H,10,11). The van der Waals surface area contributed by atoms with Gasteiger partial charge in [-0.1, -0.05) is 6.07 Å². The first-order valence-corrected chi connectivity index (χ1v) is 3.75. The molecule has 0 saturated heterocycles. The van der Waals surface area contributed by atoms with Crippen molar-refractivity contribution in [2.75, 3.05) is 11.9 Å². The van der Waals surface area contributed by atoms with Crippen LogP contribution in [0.5, 0.6) is 0 Å². The zero-order valence-electron chi connectivity index (χ0n) is 6.67. The highest BCUT2D eigenvalue weighted by Gasteiger charge is 1.90. The van der Waals surface area contributed by atoms with Crippen molar-refractivity contribution in [2.45, 2.75) is 13.5 Å². The van der Waals surface area contributed by atoms with Crippen molar-refractivity contribution in [1.82, 2.24) is 4.98 Å². The van der Waals surface area contributed by atoms with Gasteiger partial charge in [0, 0.05) is 19.3 Å². The molecule has 3 N–H and O–H groups in total. The highest BCUT2D eigenvalue weighted by Crippen LogP contribution is 2.03. The van der Waals surface area contributed by atoms with Crippen molar-refractivity contribution >= 4 is 5.82 Å². The van der Waals surface area contributed by atoms with Gasteiger partial charge in [-0.05, 0) is 18.6 Å². The fraction of sp³-hybridized carbons (Fsp3) is 0.375. The molecule has 0 radical (unpaired) electrons. The minimum atomic E-state index is 0.555. The van der Waals surface area contributed by atoms with E-state index in [2.05, 4.69) is 10.3 Å². The zero-order valence-corrected chi connectivity index (χ0v) is 6.67. The number of anilines is 1. The van der Waals surface area contributed by atoms with Crippen LogP contribution < -0.4 is 11.1 Å². The second-order valence-electron chi connectivity index (χ2n) is 2.29.